The maximum absolute atomic E-state index is 12.7. The highest BCUT2D eigenvalue weighted by atomic mass is 16.6. The predicted octanol–water partition coefficient (Wildman–Crippen LogP) is 4.66. The fraction of sp³-hybridized carbons (Fsp3) is 0.200. The van der Waals surface area contributed by atoms with Crippen LogP contribution in [-0.4, -0.2) is 50.3 Å². The number of rotatable bonds is 12. The van der Waals surface area contributed by atoms with Crippen molar-refractivity contribution in [3.63, 3.8) is 0 Å². The number of benzene rings is 3. The number of carbonyl (C=O) groups is 4. The first-order valence-electron chi connectivity index (χ1n) is 11.8. The first-order valence-corrected chi connectivity index (χ1v) is 11.8. The highest BCUT2D eigenvalue weighted by Crippen LogP contribution is 2.24. The third-order valence-corrected chi connectivity index (χ3v) is 5.41. The standard InChI is InChI=1S/C30H28O8/c1-22(2)26(31)35-18-30(19-36-27(32)23-12-6-3-7-13-23,20-37-28(33)24-14-8-4-9-15-24)21-38-29(34)25-16-10-5-11-17-25/h3-17H,1,18-21H2,2H3. The molecule has 0 aliphatic rings. The van der Waals surface area contributed by atoms with Crippen molar-refractivity contribution >= 4 is 23.9 Å². The molecule has 8 heteroatoms. The van der Waals surface area contributed by atoms with Crippen molar-refractivity contribution in [2.75, 3.05) is 26.4 Å². The zero-order valence-electron chi connectivity index (χ0n) is 21.0. The van der Waals surface area contributed by atoms with Crippen LogP contribution in [0.15, 0.2) is 103 Å². The third kappa shape index (κ3) is 8.16. The Balaban J connectivity index is 1.85. The van der Waals surface area contributed by atoms with Gasteiger partial charge in [-0.2, -0.15) is 0 Å². The summed E-state index contributed by atoms with van der Waals surface area (Å²) in [6, 6.07) is 24.8. The number of hydrogen-bond acceptors (Lipinski definition) is 8. The molecule has 0 heterocycles. The second-order valence-electron chi connectivity index (χ2n) is 8.68. The Morgan fingerprint density at radius 3 is 1.13 bits per heavy atom. The van der Waals surface area contributed by atoms with Crippen LogP contribution in [0, 0.1) is 5.41 Å². The Morgan fingerprint density at radius 1 is 0.553 bits per heavy atom. The molecular formula is C30H28O8. The molecule has 0 fully saturated rings. The molecule has 0 N–H and O–H groups in total. The van der Waals surface area contributed by atoms with E-state index in [1.54, 1.807) is 91.0 Å². The molecule has 0 aliphatic carbocycles. The van der Waals surface area contributed by atoms with Gasteiger partial charge in [0, 0.05) is 5.57 Å². The summed E-state index contributed by atoms with van der Waals surface area (Å²) < 4.78 is 22.0. The maximum atomic E-state index is 12.7. The minimum Gasteiger partial charge on any atom is -0.461 e. The molecule has 0 spiro atoms. The van der Waals surface area contributed by atoms with Gasteiger partial charge in [0.2, 0.25) is 0 Å². The van der Waals surface area contributed by atoms with E-state index < -0.39 is 29.3 Å². The summed E-state index contributed by atoms with van der Waals surface area (Å²) in [5, 5.41) is 0. The van der Waals surface area contributed by atoms with Gasteiger partial charge in [-0.3, -0.25) is 0 Å². The minimum atomic E-state index is -1.41. The van der Waals surface area contributed by atoms with Crippen molar-refractivity contribution in [2.24, 2.45) is 5.41 Å². The Morgan fingerprint density at radius 2 is 0.842 bits per heavy atom. The molecule has 0 radical (unpaired) electrons. The number of carbonyl (C=O) groups excluding carboxylic acids is 4. The zero-order chi connectivity index (χ0) is 27.4. The second-order valence-corrected chi connectivity index (χ2v) is 8.68. The van der Waals surface area contributed by atoms with Crippen LogP contribution in [0.2, 0.25) is 0 Å². The average Bonchev–Trinajstić information content (AvgIpc) is 2.97. The molecule has 0 aromatic heterocycles. The van der Waals surface area contributed by atoms with Crippen LogP contribution in [0.1, 0.15) is 38.0 Å². The molecule has 0 saturated carbocycles. The Hall–Kier alpha value is -4.72. The lowest BCUT2D eigenvalue weighted by molar-refractivity contribution is -0.147. The summed E-state index contributed by atoms with van der Waals surface area (Å²) in [5.74, 6) is -2.65. The van der Waals surface area contributed by atoms with Crippen molar-refractivity contribution in [3.05, 3.63) is 120 Å². The summed E-state index contributed by atoms with van der Waals surface area (Å²) >= 11 is 0. The van der Waals surface area contributed by atoms with Gasteiger partial charge in [0.15, 0.2) is 0 Å². The van der Waals surface area contributed by atoms with Crippen LogP contribution in [0.25, 0.3) is 0 Å². The van der Waals surface area contributed by atoms with Gasteiger partial charge < -0.3 is 18.9 Å². The van der Waals surface area contributed by atoms with Crippen molar-refractivity contribution in [2.45, 2.75) is 6.92 Å². The fourth-order valence-corrected chi connectivity index (χ4v) is 3.22. The summed E-state index contributed by atoms with van der Waals surface area (Å²) in [6.07, 6.45) is 0. The topological polar surface area (TPSA) is 105 Å². The summed E-state index contributed by atoms with van der Waals surface area (Å²) in [6.45, 7) is 3.52. The molecule has 0 bridgehead atoms. The van der Waals surface area contributed by atoms with Crippen molar-refractivity contribution in [1.82, 2.24) is 0 Å². The van der Waals surface area contributed by atoms with E-state index in [1.165, 1.54) is 6.92 Å². The van der Waals surface area contributed by atoms with Gasteiger partial charge in [-0.25, -0.2) is 19.2 Å². The molecule has 0 amide bonds. The predicted molar refractivity (Wildman–Crippen MR) is 138 cm³/mol. The molecule has 3 aromatic rings. The maximum Gasteiger partial charge on any atom is 0.338 e. The monoisotopic (exact) mass is 516 g/mol. The third-order valence-electron chi connectivity index (χ3n) is 5.41. The van der Waals surface area contributed by atoms with Gasteiger partial charge in [0.05, 0.1) is 16.7 Å². The lowest BCUT2D eigenvalue weighted by Gasteiger charge is -2.31. The van der Waals surface area contributed by atoms with Gasteiger partial charge >= 0.3 is 23.9 Å². The second kappa shape index (κ2) is 13.5. The molecule has 0 aliphatic heterocycles. The lowest BCUT2D eigenvalue weighted by Crippen LogP contribution is -2.44. The normalized spacial score (nSPS) is 10.7. The van der Waals surface area contributed by atoms with E-state index in [0.717, 1.165) is 0 Å². The number of hydrogen-bond donors (Lipinski definition) is 0. The largest absolute Gasteiger partial charge is 0.461 e. The van der Waals surface area contributed by atoms with Crippen LogP contribution in [0.5, 0.6) is 0 Å². The van der Waals surface area contributed by atoms with E-state index >= 15 is 0 Å². The molecule has 196 valence electrons. The van der Waals surface area contributed by atoms with Crippen molar-refractivity contribution in [1.29, 1.82) is 0 Å². The molecular weight excluding hydrogens is 488 g/mol. The van der Waals surface area contributed by atoms with Crippen LogP contribution in [-0.2, 0) is 23.7 Å². The molecule has 8 nitrogen and oxygen atoms in total. The van der Waals surface area contributed by atoms with Gasteiger partial charge in [0.25, 0.3) is 0 Å². The average molecular weight is 517 g/mol. The summed E-state index contributed by atoms with van der Waals surface area (Å²) in [5.41, 5.74) is -0.388. The first-order chi connectivity index (χ1) is 18.3. The highest BCUT2D eigenvalue weighted by molar-refractivity contribution is 5.90. The van der Waals surface area contributed by atoms with E-state index in [-0.39, 0.29) is 32.0 Å². The van der Waals surface area contributed by atoms with Crippen LogP contribution in [0.3, 0.4) is 0 Å². The van der Waals surface area contributed by atoms with Gasteiger partial charge in [-0.1, -0.05) is 61.2 Å². The highest BCUT2D eigenvalue weighted by Gasteiger charge is 2.38. The summed E-state index contributed by atoms with van der Waals surface area (Å²) in [4.78, 5) is 50.3. The van der Waals surface area contributed by atoms with Gasteiger partial charge in [-0.15, -0.1) is 0 Å². The minimum absolute atomic E-state index is 0.141. The molecule has 38 heavy (non-hydrogen) atoms. The number of esters is 4. The quantitative estimate of drug-likeness (QED) is 0.194. The van der Waals surface area contributed by atoms with E-state index in [4.69, 9.17) is 18.9 Å². The zero-order valence-corrected chi connectivity index (χ0v) is 21.0. The van der Waals surface area contributed by atoms with E-state index in [1.807, 2.05) is 0 Å². The lowest BCUT2D eigenvalue weighted by atomic mass is 9.92. The van der Waals surface area contributed by atoms with Crippen molar-refractivity contribution < 1.29 is 38.1 Å². The summed E-state index contributed by atoms with van der Waals surface area (Å²) in [7, 11) is 0. The van der Waals surface area contributed by atoms with Gasteiger partial charge in [0.1, 0.15) is 31.8 Å². The van der Waals surface area contributed by atoms with Crippen molar-refractivity contribution in [3.8, 4) is 0 Å². The fourth-order valence-electron chi connectivity index (χ4n) is 3.22. The van der Waals surface area contributed by atoms with Gasteiger partial charge in [-0.05, 0) is 43.3 Å². The Labute approximate surface area is 220 Å². The Bertz CT molecular complexity index is 1120. The first kappa shape index (κ1) is 27.9. The molecule has 0 atom stereocenters. The van der Waals surface area contributed by atoms with Crippen LogP contribution >= 0.6 is 0 Å². The molecule has 3 aromatic carbocycles. The Kier molecular flexibility index (Phi) is 9.93. The molecule has 3 rings (SSSR count). The van der Waals surface area contributed by atoms with E-state index in [2.05, 4.69) is 6.58 Å². The van der Waals surface area contributed by atoms with E-state index in [9.17, 15) is 19.2 Å². The molecule has 0 unspecified atom stereocenters. The smallest absolute Gasteiger partial charge is 0.338 e. The van der Waals surface area contributed by atoms with Crippen LogP contribution in [0.4, 0.5) is 0 Å². The number of ether oxygens (including phenoxy) is 4. The van der Waals surface area contributed by atoms with Crippen LogP contribution < -0.4 is 0 Å². The molecule has 0 saturated heterocycles. The SMILES string of the molecule is C=C(C)C(=O)OCC(COC(=O)c1ccccc1)(COC(=O)c1ccccc1)COC(=O)c1ccccc1. The van der Waals surface area contributed by atoms with E-state index in [0.29, 0.717) is 16.7 Å².